The summed E-state index contributed by atoms with van der Waals surface area (Å²) in [5, 5.41) is 2.87. The second-order valence-electron chi connectivity index (χ2n) is 4.92. The largest absolute Gasteiger partial charge is 0.491 e. The Morgan fingerprint density at radius 1 is 1.40 bits per heavy atom. The molecule has 1 aromatic carbocycles. The van der Waals surface area contributed by atoms with Gasteiger partial charge in [0.25, 0.3) is 0 Å². The molecule has 0 aliphatic carbocycles. The highest BCUT2D eigenvalue weighted by Crippen LogP contribution is 2.11. The van der Waals surface area contributed by atoms with Gasteiger partial charge in [-0.15, -0.1) is 0 Å². The monoisotopic (exact) mass is 296 g/mol. The molecule has 5 heteroatoms. The number of ether oxygens (including phenoxy) is 1. The Morgan fingerprint density at radius 3 is 2.65 bits per heavy atom. The van der Waals surface area contributed by atoms with E-state index in [1.54, 1.807) is 11.8 Å². The van der Waals surface area contributed by atoms with Crippen molar-refractivity contribution < 1.29 is 9.53 Å². The molecule has 1 rings (SSSR count). The Morgan fingerprint density at radius 2 is 2.05 bits per heavy atom. The van der Waals surface area contributed by atoms with Crippen LogP contribution in [0.4, 0.5) is 0 Å². The van der Waals surface area contributed by atoms with Crippen molar-refractivity contribution in [2.75, 3.05) is 18.6 Å². The number of rotatable bonds is 8. The van der Waals surface area contributed by atoms with E-state index in [1.165, 1.54) is 5.56 Å². The van der Waals surface area contributed by atoms with Crippen LogP contribution in [0.5, 0.6) is 5.75 Å². The molecule has 1 aromatic rings. The van der Waals surface area contributed by atoms with E-state index in [0.29, 0.717) is 13.0 Å². The van der Waals surface area contributed by atoms with Gasteiger partial charge in [-0.2, -0.15) is 11.8 Å². The van der Waals surface area contributed by atoms with Gasteiger partial charge in [0.2, 0.25) is 5.91 Å². The zero-order chi connectivity index (χ0) is 15.0. The van der Waals surface area contributed by atoms with Gasteiger partial charge in [-0.3, -0.25) is 4.79 Å². The zero-order valence-corrected chi connectivity index (χ0v) is 13.2. The minimum atomic E-state index is -0.440. The summed E-state index contributed by atoms with van der Waals surface area (Å²) in [6.45, 7) is 4.38. The van der Waals surface area contributed by atoms with Crippen LogP contribution in [0.3, 0.4) is 0 Å². The molecule has 0 aromatic heterocycles. The molecule has 1 unspecified atom stereocenters. The molecule has 112 valence electrons. The Kier molecular flexibility index (Phi) is 7.47. The Bertz CT molecular complexity index is 409. The predicted octanol–water partition coefficient (Wildman–Crippen LogP) is 1.96. The number of carbonyl (C=O) groups excluding carboxylic acids is 1. The second-order valence-corrected chi connectivity index (χ2v) is 5.91. The molecule has 3 N–H and O–H groups in total. The third kappa shape index (κ3) is 6.30. The maximum Gasteiger partial charge on any atom is 0.237 e. The molecule has 0 saturated carbocycles. The van der Waals surface area contributed by atoms with Crippen molar-refractivity contribution in [1.82, 2.24) is 5.32 Å². The lowest BCUT2D eigenvalue weighted by molar-refractivity contribution is -0.123. The second kappa shape index (κ2) is 8.87. The highest BCUT2D eigenvalue weighted by molar-refractivity contribution is 7.98. The fourth-order valence-electron chi connectivity index (χ4n) is 1.62. The van der Waals surface area contributed by atoms with Gasteiger partial charge in [0.15, 0.2) is 0 Å². The van der Waals surface area contributed by atoms with Crippen LogP contribution in [-0.2, 0) is 4.79 Å². The maximum atomic E-state index is 11.8. The average Bonchev–Trinajstić information content (AvgIpc) is 2.44. The Labute approximate surface area is 125 Å². The molecule has 0 aliphatic rings. The molecule has 0 fully saturated rings. The smallest absolute Gasteiger partial charge is 0.237 e. The minimum Gasteiger partial charge on any atom is -0.491 e. The van der Waals surface area contributed by atoms with Crippen LogP contribution in [-0.4, -0.2) is 36.6 Å². The molecule has 20 heavy (non-hydrogen) atoms. The SMILES string of the molecule is CSCC[C@@H](N)C(=O)NC(C)COc1ccc(C)cc1. The summed E-state index contributed by atoms with van der Waals surface area (Å²) in [7, 11) is 0. The van der Waals surface area contributed by atoms with Crippen LogP contribution in [0.1, 0.15) is 18.9 Å². The van der Waals surface area contributed by atoms with E-state index in [1.807, 2.05) is 44.4 Å². The highest BCUT2D eigenvalue weighted by atomic mass is 32.2. The first-order valence-corrected chi connectivity index (χ1v) is 8.16. The van der Waals surface area contributed by atoms with E-state index in [4.69, 9.17) is 10.5 Å². The number of nitrogens with one attached hydrogen (secondary N) is 1. The lowest BCUT2D eigenvalue weighted by atomic mass is 10.2. The number of nitrogens with two attached hydrogens (primary N) is 1. The first-order valence-electron chi connectivity index (χ1n) is 6.77. The fraction of sp³-hybridized carbons (Fsp3) is 0.533. The molecule has 0 spiro atoms. The van der Waals surface area contributed by atoms with Gasteiger partial charge < -0.3 is 15.8 Å². The van der Waals surface area contributed by atoms with Gasteiger partial charge in [0.05, 0.1) is 12.1 Å². The molecule has 0 saturated heterocycles. The van der Waals surface area contributed by atoms with Crippen molar-refractivity contribution in [1.29, 1.82) is 0 Å². The molecule has 1 amide bonds. The van der Waals surface area contributed by atoms with Crippen LogP contribution in [0.2, 0.25) is 0 Å². The third-order valence-corrected chi connectivity index (χ3v) is 3.52. The van der Waals surface area contributed by atoms with Crippen molar-refractivity contribution >= 4 is 17.7 Å². The lowest BCUT2D eigenvalue weighted by Crippen LogP contribution is -2.46. The van der Waals surface area contributed by atoms with E-state index in [-0.39, 0.29) is 11.9 Å². The molecule has 0 bridgehead atoms. The van der Waals surface area contributed by atoms with E-state index in [2.05, 4.69) is 5.32 Å². The summed E-state index contributed by atoms with van der Waals surface area (Å²) < 4.78 is 5.62. The highest BCUT2D eigenvalue weighted by Gasteiger charge is 2.15. The number of amides is 1. The summed E-state index contributed by atoms with van der Waals surface area (Å²) in [5.74, 6) is 1.59. The van der Waals surface area contributed by atoms with E-state index >= 15 is 0 Å². The molecule has 4 nitrogen and oxygen atoms in total. The van der Waals surface area contributed by atoms with Crippen LogP contribution in [0.25, 0.3) is 0 Å². The molecule has 0 aliphatic heterocycles. The molecular weight excluding hydrogens is 272 g/mol. The van der Waals surface area contributed by atoms with Gasteiger partial charge in [0, 0.05) is 0 Å². The number of aryl methyl sites for hydroxylation is 1. The number of carbonyl (C=O) groups is 1. The molecule has 2 atom stereocenters. The van der Waals surface area contributed by atoms with Gasteiger partial charge in [-0.1, -0.05) is 17.7 Å². The Hall–Kier alpha value is -1.20. The van der Waals surface area contributed by atoms with E-state index in [0.717, 1.165) is 11.5 Å². The van der Waals surface area contributed by atoms with Crippen LogP contribution < -0.4 is 15.8 Å². The van der Waals surface area contributed by atoms with Crippen molar-refractivity contribution in [2.24, 2.45) is 5.73 Å². The number of hydrogen-bond acceptors (Lipinski definition) is 4. The normalized spacial score (nSPS) is 13.6. The predicted molar refractivity (Wildman–Crippen MR) is 85.3 cm³/mol. The lowest BCUT2D eigenvalue weighted by Gasteiger charge is -2.18. The third-order valence-electron chi connectivity index (χ3n) is 2.88. The quantitative estimate of drug-likeness (QED) is 0.770. The van der Waals surface area contributed by atoms with Crippen molar-refractivity contribution in [3.8, 4) is 5.75 Å². The minimum absolute atomic E-state index is 0.0656. The number of benzene rings is 1. The summed E-state index contributed by atoms with van der Waals surface area (Å²) in [6, 6.07) is 7.34. The molecule has 0 radical (unpaired) electrons. The standard InChI is InChI=1S/C15H24N2O2S/c1-11-4-6-13(7-5-11)19-10-12(2)17-15(18)14(16)8-9-20-3/h4-7,12,14H,8-10,16H2,1-3H3,(H,17,18)/t12?,14-/m1/s1. The van der Waals surface area contributed by atoms with E-state index in [9.17, 15) is 4.79 Å². The first kappa shape index (κ1) is 16.9. The van der Waals surface area contributed by atoms with Crippen molar-refractivity contribution in [3.05, 3.63) is 29.8 Å². The zero-order valence-electron chi connectivity index (χ0n) is 12.4. The summed E-state index contributed by atoms with van der Waals surface area (Å²) in [4.78, 5) is 11.8. The number of thioether (sulfide) groups is 1. The molecular formula is C15H24N2O2S. The van der Waals surface area contributed by atoms with Crippen molar-refractivity contribution in [2.45, 2.75) is 32.4 Å². The van der Waals surface area contributed by atoms with Gasteiger partial charge >= 0.3 is 0 Å². The fourth-order valence-corrected chi connectivity index (χ4v) is 2.11. The summed E-state index contributed by atoms with van der Waals surface area (Å²) in [6.07, 6.45) is 2.70. The van der Waals surface area contributed by atoms with Gasteiger partial charge in [-0.05, 0) is 44.4 Å². The topological polar surface area (TPSA) is 64.4 Å². The summed E-state index contributed by atoms with van der Waals surface area (Å²) >= 11 is 1.69. The summed E-state index contributed by atoms with van der Waals surface area (Å²) in [5.41, 5.74) is 7.00. The van der Waals surface area contributed by atoms with Crippen LogP contribution in [0.15, 0.2) is 24.3 Å². The van der Waals surface area contributed by atoms with Crippen LogP contribution in [0, 0.1) is 6.92 Å². The maximum absolute atomic E-state index is 11.8. The Balaban J connectivity index is 2.30. The number of hydrogen-bond donors (Lipinski definition) is 2. The van der Waals surface area contributed by atoms with Gasteiger partial charge in [-0.25, -0.2) is 0 Å². The average molecular weight is 296 g/mol. The van der Waals surface area contributed by atoms with Crippen LogP contribution >= 0.6 is 11.8 Å². The van der Waals surface area contributed by atoms with Crippen molar-refractivity contribution in [3.63, 3.8) is 0 Å². The molecule has 0 heterocycles. The van der Waals surface area contributed by atoms with Gasteiger partial charge in [0.1, 0.15) is 12.4 Å². The van der Waals surface area contributed by atoms with E-state index < -0.39 is 6.04 Å². The first-order chi connectivity index (χ1) is 9.52.